The van der Waals surface area contributed by atoms with Crippen LogP contribution in [0.3, 0.4) is 0 Å². The van der Waals surface area contributed by atoms with E-state index in [1.807, 2.05) is 55.5 Å². The Morgan fingerprint density at radius 1 is 1.05 bits per heavy atom. The maximum atomic E-state index is 9.79. The molecule has 188 valence electrons. The lowest BCUT2D eigenvalue weighted by Gasteiger charge is -2.14. The average molecular weight is 521 g/mol. The number of aryl methyl sites for hydroxylation is 1. The molecular formula is C30H24N4O3S. The van der Waals surface area contributed by atoms with E-state index >= 15 is 0 Å². The molecule has 0 bridgehead atoms. The van der Waals surface area contributed by atoms with Crippen LogP contribution in [0.2, 0.25) is 0 Å². The number of nitrogens with one attached hydrogen (secondary N) is 1. The number of benzene rings is 2. The van der Waals surface area contributed by atoms with Crippen LogP contribution in [0.5, 0.6) is 5.75 Å². The van der Waals surface area contributed by atoms with Crippen LogP contribution in [-0.4, -0.2) is 23.2 Å². The highest BCUT2D eigenvalue weighted by molar-refractivity contribution is 7.10. The molecule has 0 unspecified atom stereocenters. The molecule has 1 aliphatic rings. The second-order valence-corrected chi connectivity index (χ2v) is 9.86. The molecule has 4 heterocycles. The van der Waals surface area contributed by atoms with Gasteiger partial charge in [0.05, 0.1) is 40.6 Å². The average Bonchev–Trinajstić information content (AvgIpc) is 3.66. The van der Waals surface area contributed by atoms with Gasteiger partial charge in [0.25, 0.3) is 0 Å². The topological polar surface area (TPSA) is 89.3 Å². The van der Waals surface area contributed by atoms with Crippen LogP contribution < -0.4 is 10.1 Å². The molecule has 3 aromatic heterocycles. The third kappa shape index (κ3) is 4.95. The van der Waals surface area contributed by atoms with E-state index in [4.69, 9.17) is 14.2 Å². The molecule has 7 nitrogen and oxygen atoms in total. The molecule has 1 aliphatic heterocycles. The van der Waals surface area contributed by atoms with Crippen LogP contribution >= 0.6 is 11.3 Å². The number of anilines is 2. The Hall–Kier alpha value is -4.29. The SMILES string of the molecule is Cc1cc(Nc2c(C#N)cnc3cc(-c4csc(C5OCCO5)c4)ccc23)ccc1OCc1ccccn1. The van der Waals surface area contributed by atoms with Crippen molar-refractivity contribution in [3.05, 3.63) is 100 Å². The smallest absolute Gasteiger partial charge is 0.193 e. The number of fused-ring (bicyclic) bond motifs is 1. The Bertz CT molecular complexity index is 1640. The molecule has 0 atom stereocenters. The largest absolute Gasteiger partial charge is 0.487 e. The number of hydrogen-bond acceptors (Lipinski definition) is 8. The van der Waals surface area contributed by atoms with Gasteiger partial charge < -0.3 is 19.5 Å². The van der Waals surface area contributed by atoms with E-state index in [-0.39, 0.29) is 6.29 Å². The lowest BCUT2D eigenvalue weighted by atomic mass is 10.0. The fourth-order valence-electron chi connectivity index (χ4n) is 4.41. The number of thiophene rings is 1. The van der Waals surface area contributed by atoms with E-state index < -0.39 is 0 Å². The summed E-state index contributed by atoms with van der Waals surface area (Å²) in [5.74, 6) is 0.787. The molecule has 0 spiro atoms. The van der Waals surface area contributed by atoms with E-state index in [1.165, 1.54) is 0 Å². The standard InChI is InChI=1S/C30H24N4O3S/c1-19-12-23(6-8-27(19)37-17-24-4-2-3-9-32-24)34-29-22(15-31)16-33-26-13-20(5-7-25(26)29)21-14-28(38-18-21)30-35-10-11-36-30/h2-9,12-14,16,18,30H,10-11,17H2,1H3,(H,33,34). The van der Waals surface area contributed by atoms with Crippen molar-refractivity contribution in [3.8, 4) is 22.9 Å². The highest BCUT2D eigenvalue weighted by Crippen LogP contribution is 2.36. The maximum Gasteiger partial charge on any atom is 0.193 e. The summed E-state index contributed by atoms with van der Waals surface area (Å²) in [6, 6.07) is 22.1. The van der Waals surface area contributed by atoms with Gasteiger partial charge in [0.2, 0.25) is 0 Å². The van der Waals surface area contributed by atoms with E-state index in [0.29, 0.717) is 25.4 Å². The van der Waals surface area contributed by atoms with Gasteiger partial charge in [-0.25, -0.2) is 0 Å². The summed E-state index contributed by atoms with van der Waals surface area (Å²) in [6.45, 7) is 3.64. The van der Waals surface area contributed by atoms with Gasteiger partial charge >= 0.3 is 0 Å². The second kappa shape index (κ2) is 10.6. The van der Waals surface area contributed by atoms with Crippen molar-refractivity contribution in [1.29, 1.82) is 5.26 Å². The highest BCUT2D eigenvalue weighted by atomic mass is 32.1. The molecule has 1 N–H and O–H groups in total. The summed E-state index contributed by atoms with van der Waals surface area (Å²) in [5.41, 5.74) is 6.85. The Kier molecular flexibility index (Phi) is 6.71. The van der Waals surface area contributed by atoms with E-state index in [9.17, 15) is 5.26 Å². The van der Waals surface area contributed by atoms with Gasteiger partial charge in [-0.1, -0.05) is 18.2 Å². The van der Waals surface area contributed by atoms with Crippen molar-refractivity contribution in [1.82, 2.24) is 9.97 Å². The first-order valence-corrected chi connectivity index (χ1v) is 13.1. The monoisotopic (exact) mass is 520 g/mol. The van der Waals surface area contributed by atoms with Crippen LogP contribution in [0, 0.1) is 18.3 Å². The summed E-state index contributed by atoms with van der Waals surface area (Å²) in [4.78, 5) is 9.93. The van der Waals surface area contributed by atoms with Gasteiger partial charge in [0.1, 0.15) is 18.4 Å². The van der Waals surface area contributed by atoms with Crippen molar-refractivity contribution in [2.45, 2.75) is 19.8 Å². The number of rotatable bonds is 7. The summed E-state index contributed by atoms with van der Waals surface area (Å²) < 4.78 is 17.2. The third-order valence-corrected chi connectivity index (χ3v) is 7.30. The number of pyridine rings is 2. The molecule has 1 saturated heterocycles. The molecular weight excluding hydrogens is 496 g/mol. The zero-order valence-electron chi connectivity index (χ0n) is 20.7. The molecule has 0 saturated carbocycles. The quantitative estimate of drug-likeness (QED) is 0.249. The van der Waals surface area contributed by atoms with Crippen LogP contribution in [0.1, 0.15) is 28.0 Å². The van der Waals surface area contributed by atoms with Crippen LogP contribution in [0.15, 0.2) is 78.4 Å². The predicted molar refractivity (Wildman–Crippen MR) is 147 cm³/mol. The van der Waals surface area contributed by atoms with Gasteiger partial charge in [-0.3, -0.25) is 9.97 Å². The van der Waals surface area contributed by atoms with Gasteiger partial charge in [-0.2, -0.15) is 5.26 Å². The minimum absolute atomic E-state index is 0.281. The number of nitriles is 1. The zero-order valence-corrected chi connectivity index (χ0v) is 21.5. The Morgan fingerprint density at radius 2 is 1.95 bits per heavy atom. The van der Waals surface area contributed by atoms with Gasteiger partial charge in [0.15, 0.2) is 6.29 Å². The van der Waals surface area contributed by atoms with Gasteiger partial charge in [-0.05, 0) is 71.5 Å². The van der Waals surface area contributed by atoms with Crippen molar-refractivity contribution in [2.24, 2.45) is 0 Å². The van der Waals surface area contributed by atoms with Crippen LogP contribution in [0.4, 0.5) is 11.4 Å². The van der Waals surface area contributed by atoms with Crippen LogP contribution in [-0.2, 0) is 16.1 Å². The van der Waals surface area contributed by atoms with Crippen molar-refractivity contribution >= 4 is 33.6 Å². The van der Waals surface area contributed by atoms with Gasteiger partial charge in [-0.15, -0.1) is 11.3 Å². The predicted octanol–water partition coefficient (Wildman–Crippen LogP) is 6.91. The molecule has 5 aromatic rings. The fraction of sp³-hybridized carbons (Fsp3) is 0.167. The molecule has 0 amide bonds. The molecule has 6 rings (SSSR count). The zero-order chi connectivity index (χ0) is 25.9. The minimum Gasteiger partial charge on any atom is -0.487 e. The minimum atomic E-state index is -0.281. The number of hydrogen-bond donors (Lipinski definition) is 1. The maximum absolute atomic E-state index is 9.79. The molecule has 0 radical (unpaired) electrons. The van der Waals surface area contributed by atoms with Crippen molar-refractivity contribution in [3.63, 3.8) is 0 Å². The molecule has 8 heteroatoms. The second-order valence-electron chi connectivity index (χ2n) is 8.92. The number of nitrogens with zero attached hydrogens (tertiary/aromatic N) is 3. The summed E-state index contributed by atoms with van der Waals surface area (Å²) >= 11 is 1.62. The summed E-state index contributed by atoms with van der Waals surface area (Å²) in [5, 5.41) is 16.2. The molecule has 2 aromatic carbocycles. The molecule has 1 fully saturated rings. The first kappa shape index (κ1) is 24.1. The third-order valence-electron chi connectivity index (χ3n) is 6.34. The molecule has 38 heavy (non-hydrogen) atoms. The molecule has 0 aliphatic carbocycles. The van der Waals surface area contributed by atoms with E-state index in [2.05, 4.69) is 38.9 Å². The first-order chi connectivity index (χ1) is 18.7. The fourth-order valence-corrected chi connectivity index (χ4v) is 5.32. The Morgan fingerprint density at radius 3 is 2.74 bits per heavy atom. The Labute approximate surface area is 224 Å². The number of ether oxygens (including phenoxy) is 3. The first-order valence-electron chi connectivity index (χ1n) is 12.2. The normalized spacial score (nSPS) is 13.5. The van der Waals surface area contributed by atoms with Gasteiger partial charge in [0, 0.05) is 23.5 Å². The highest BCUT2D eigenvalue weighted by Gasteiger charge is 2.20. The number of aromatic nitrogens is 2. The van der Waals surface area contributed by atoms with Crippen molar-refractivity contribution in [2.75, 3.05) is 18.5 Å². The Balaban J connectivity index is 1.25. The van der Waals surface area contributed by atoms with Crippen LogP contribution in [0.25, 0.3) is 22.0 Å². The summed E-state index contributed by atoms with van der Waals surface area (Å²) in [6.07, 6.45) is 3.09. The lowest BCUT2D eigenvalue weighted by molar-refractivity contribution is -0.0413. The summed E-state index contributed by atoms with van der Waals surface area (Å²) in [7, 11) is 0. The van der Waals surface area contributed by atoms with E-state index in [1.54, 1.807) is 23.7 Å². The van der Waals surface area contributed by atoms with Crippen molar-refractivity contribution < 1.29 is 14.2 Å². The lowest BCUT2D eigenvalue weighted by Crippen LogP contribution is -2.00. The van der Waals surface area contributed by atoms with E-state index in [0.717, 1.165) is 55.3 Å².